The summed E-state index contributed by atoms with van der Waals surface area (Å²) in [5.74, 6) is -1.37. The molecule has 0 saturated carbocycles. The van der Waals surface area contributed by atoms with Crippen LogP contribution in [0.2, 0.25) is 0 Å². The van der Waals surface area contributed by atoms with Crippen LogP contribution < -0.4 is 10.9 Å². The lowest BCUT2D eigenvalue weighted by molar-refractivity contribution is -0.384. The Bertz CT molecular complexity index is 948. The van der Waals surface area contributed by atoms with Gasteiger partial charge in [0.25, 0.3) is 17.2 Å². The van der Waals surface area contributed by atoms with E-state index in [0.29, 0.717) is 6.61 Å². The lowest BCUT2D eigenvalue weighted by Crippen LogP contribution is -2.43. The summed E-state index contributed by atoms with van der Waals surface area (Å²) < 4.78 is 6.48. The number of nitrogens with zero attached hydrogens (tertiary/aromatic N) is 2. The van der Waals surface area contributed by atoms with Crippen LogP contribution in [0, 0.1) is 10.1 Å². The van der Waals surface area contributed by atoms with E-state index in [9.17, 15) is 24.5 Å². The fraction of sp³-hybridized carbons (Fsp3) is 0.316. The maximum atomic E-state index is 13.0. The third-order valence-corrected chi connectivity index (χ3v) is 4.50. The summed E-state index contributed by atoms with van der Waals surface area (Å²) in [5, 5.41) is 13.7. The highest BCUT2D eigenvalue weighted by Gasteiger charge is 2.31. The first-order chi connectivity index (χ1) is 13.5. The monoisotopic (exact) mass is 385 g/mol. The number of carbonyl (C=O) groups excluding carboxylic acids is 2. The summed E-state index contributed by atoms with van der Waals surface area (Å²) >= 11 is 0. The van der Waals surface area contributed by atoms with Crippen LogP contribution in [0.15, 0.2) is 53.5 Å². The molecule has 146 valence electrons. The number of pyridine rings is 1. The second-order valence-corrected chi connectivity index (χ2v) is 6.40. The highest BCUT2D eigenvalue weighted by Crippen LogP contribution is 2.19. The number of aromatic nitrogens is 1. The topological polar surface area (TPSA) is 121 Å². The van der Waals surface area contributed by atoms with Crippen LogP contribution in [0.4, 0.5) is 5.69 Å². The summed E-state index contributed by atoms with van der Waals surface area (Å²) in [6.45, 7) is 0.841. The van der Waals surface area contributed by atoms with Gasteiger partial charge in [-0.1, -0.05) is 18.2 Å². The number of ether oxygens (including phenoxy) is 1. The average Bonchev–Trinajstić information content (AvgIpc) is 3.21. The molecule has 1 aromatic heterocycles. The summed E-state index contributed by atoms with van der Waals surface area (Å²) in [4.78, 5) is 48.4. The van der Waals surface area contributed by atoms with Crippen molar-refractivity contribution in [2.45, 2.75) is 25.0 Å². The number of rotatable bonds is 7. The molecule has 0 spiro atoms. The number of nitrogens with one attached hydrogen (secondary N) is 1. The molecule has 0 bridgehead atoms. The first kappa shape index (κ1) is 19.4. The Kier molecular flexibility index (Phi) is 5.95. The first-order valence-corrected chi connectivity index (χ1v) is 8.82. The summed E-state index contributed by atoms with van der Waals surface area (Å²) in [6, 6.07) is 7.87. The summed E-state index contributed by atoms with van der Waals surface area (Å²) in [7, 11) is 0. The maximum Gasteiger partial charge on any atom is 0.270 e. The van der Waals surface area contributed by atoms with E-state index in [4.69, 9.17) is 4.74 Å². The number of hydrogen-bond acceptors (Lipinski definition) is 6. The third-order valence-electron chi connectivity index (χ3n) is 4.50. The number of carbonyl (C=O) groups is 2. The predicted octanol–water partition coefficient (Wildman–Crippen LogP) is 1.48. The van der Waals surface area contributed by atoms with Crippen molar-refractivity contribution in [3.05, 3.63) is 74.7 Å². The van der Waals surface area contributed by atoms with Crippen LogP contribution in [-0.4, -0.2) is 40.4 Å². The van der Waals surface area contributed by atoms with Crippen LogP contribution in [0.1, 0.15) is 29.2 Å². The van der Waals surface area contributed by atoms with Gasteiger partial charge in [0.1, 0.15) is 0 Å². The highest BCUT2D eigenvalue weighted by molar-refractivity contribution is 6.12. The van der Waals surface area contributed by atoms with E-state index in [2.05, 4.69) is 5.32 Å². The molecule has 2 aromatic rings. The van der Waals surface area contributed by atoms with Crippen LogP contribution >= 0.6 is 0 Å². The Labute approximate surface area is 160 Å². The summed E-state index contributed by atoms with van der Waals surface area (Å²) in [5.41, 5.74) is -0.828. The zero-order valence-electron chi connectivity index (χ0n) is 14.9. The van der Waals surface area contributed by atoms with Crippen molar-refractivity contribution in [3.8, 4) is 0 Å². The number of Topliss-reactive ketones (excluding diaryl/α,β-unsaturated/α-hetero) is 1. The van der Waals surface area contributed by atoms with E-state index in [-0.39, 0.29) is 23.9 Å². The molecule has 1 fully saturated rings. The van der Waals surface area contributed by atoms with Crippen molar-refractivity contribution in [1.82, 2.24) is 9.88 Å². The first-order valence-electron chi connectivity index (χ1n) is 8.82. The quantitative estimate of drug-likeness (QED) is 0.333. The molecule has 1 aliphatic rings. The van der Waals surface area contributed by atoms with Gasteiger partial charge in [-0.3, -0.25) is 29.1 Å². The van der Waals surface area contributed by atoms with Crippen molar-refractivity contribution >= 4 is 17.4 Å². The van der Waals surface area contributed by atoms with Crippen LogP contribution in [0.3, 0.4) is 0 Å². The molecule has 1 aliphatic heterocycles. The smallest absolute Gasteiger partial charge is 0.270 e. The van der Waals surface area contributed by atoms with Gasteiger partial charge in [-0.25, -0.2) is 0 Å². The normalized spacial score (nSPS) is 17.1. The molecule has 1 aromatic carbocycles. The van der Waals surface area contributed by atoms with Crippen molar-refractivity contribution in [1.29, 1.82) is 0 Å². The van der Waals surface area contributed by atoms with E-state index >= 15 is 0 Å². The molecular weight excluding hydrogens is 366 g/mol. The second-order valence-electron chi connectivity index (χ2n) is 6.40. The molecule has 9 heteroatoms. The van der Waals surface area contributed by atoms with Gasteiger partial charge in [-0.2, -0.15) is 0 Å². The number of ketones is 1. The van der Waals surface area contributed by atoms with E-state index in [1.165, 1.54) is 42.6 Å². The minimum Gasteiger partial charge on any atom is -0.376 e. The predicted molar refractivity (Wildman–Crippen MR) is 99.1 cm³/mol. The van der Waals surface area contributed by atoms with Gasteiger partial charge in [0.15, 0.2) is 11.8 Å². The van der Waals surface area contributed by atoms with Crippen molar-refractivity contribution in [2.24, 2.45) is 0 Å². The van der Waals surface area contributed by atoms with Crippen molar-refractivity contribution in [3.63, 3.8) is 0 Å². The minimum atomic E-state index is -1.47. The SMILES string of the molecule is O=C(NCC1CCCO1)C(C(=O)c1cccc([N+](=O)[O-])c1)n1ccccc1=O. The molecule has 0 aliphatic carbocycles. The Hall–Kier alpha value is -3.33. The largest absolute Gasteiger partial charge is 0.376 e. The Morgan fingerprint density at radius 3 is 2.79 bits per heavy atom. The molecule has 2 unspecified atom stereocenters. The Morgan fingerprint density at radius 1 is 1.29 bits per heavy atom. The fourth-order valence-corrected chi connectivity index (χ4v) is 3.07. The molecule has 2 heterocycles. The molecule has 1 N–H and O–H groups in total. The Morgan fingerprint density at radius 2 is 2.11 bits per heavy atom. The van der Waals surface area contributed by atoms with E-state index < -0.39 is 28.2 Å². The van der Waals surface area contributed by atoms with Gasteiger partial charge >= 0.3 is 0 Å². The Balaban J connectivity index is 1.91. The standard InChI is InChI=1S/C19H19N3O6/c23-16-8-1-2-9-21(16)17(19(25)20-12-15-7-4-10-28-15)18(24)13-5-3-6-14(11-13)22(26)27/h1-3,5-6,8-9,11,15,17H,4,7,10,12H2,(H,20,25). The lowest BCUT2D eigenvalue weighted by atomic mass is 10.0. The van der Waals surface area contributed by atoms with Crippen LogP contribution in [0.5, 0.6) is 0 Å². The molecule has 3 rings (SSSR count). The number of non-ortho nitro benzene ring substituents is 1. The zero-order chi connectivity index (χ0) is 20.1. The molecule has 1 amide bonds. The van der Waals surface area contributed by atoms with E-state index in [1.54, 1.807) is 0 Å². The lowest BCUT2D eigenvalue weighted by Gasteiger charge is -2.19. The molecule has 0 radical (unpaired) electrons. The minimum absolute atomic E-state index is 0.0257. The third kappa shape index (κ3) is 4.32. The average molecular weight is 385 g/mol. The molecule has 1 saturated heterocycles. The van der Waals surface area contributed by atoms with E-state index in [1.807, 2.05) is 0 Å². The van der Waals surface area contributed by atoms with Crippen LogP contribution in [0.25, 0.3) is 0 Å². The number of benzene rings is 1. The van der Waals surface area contributed by atoms with Gasteiger partial charge in [-0.15, -0.1) is 0 Å². The molecular formula is C19H19N3O6. The van der Waals surface area contributed by atoms with Crippen LogP contribution in [-0.2, 0) is 9.53 Å². The summed E-state index contributed by atoms with van der Waals surface area (Å²) in [6.07, 6.45) is 2.91. The molecule has 9 nitrogen and oxygen atoms in total. The highest BCUT2D eigenvalue weighted by atomic mass is 16.6. The van der Waals surface area contributed by atoms with Crippen molar-refractivity contribution < 1.29 is 19.2 Å². The maximum absolute atomic E-state index is 13.0. The van der Waals surface area contributed by atoms with Gasteiger partial charge in [0.2, 0.25) is 0 Å². The number of hydrogen-bond donors (Lipinski definition) is 1. The number of amides is 1. The number of nitro groups is 1. The fourth-order valence-electron chi connectivity index (χ4n) is 3.07. The molecule has 2 atom stereocenters. The molecule has 28 heavy (non-hydrogen) atoms. The van der Waals surface area contributed by atoms with Crippen molar-refractivity contribution in [2.75, 3.05) is 13.2 Å². The van der Waals surface area contributed by atoms with E-state index in [0.717, 1.165) is 23.5 Å². The second kappa shape index (κ2) is 8.57. The van der Waals surface area contributed by atoms with Gasteiger partial charge in [-0.05, 0) is 18.9 Å². The van der Waals surface area contributed by atoms with Gasteiger partial charge < -0.3 is 10.1 Å². The zero-order valence-corrected chi connectivity index (χ0v) is 14.9. The van der Waals surface area contributed by atoms with Gasteiger partial charge in [0.05, 0.1) is 11.0 Å². The number of nitro benzene ring substituents is 1. The van der Waals surface area contributed by atoms with Gasteiger partial charge in [0, 0.05) is 43.1 Å².